The topological polar surface area (TPSA) is 54.0 Å². The zero-order chi connectivity index (χ0) is 13.3. The highest BCUT2D eigenvalue weighted by Crippen LogP contribution is 2.17. The monoisotopic (exact) mass is 262 g/mol. The molecule has 17 heavy (non-hydrogen) atoms. The summed E-state index contributed by atoms with van der Waals surface area (Å²) in [5.41, 5.74) is 0.618. The Hall–Kier alpha value is -0.693. The fourth-order valence-electron chi connectivity index (χ4n) is 1.44. The first-order chi connectivity index (χ1) is 8.05. The maximum atomic E-state index is 11.1. The molecule has 0 saturated carbocycles. The van der Waals surface area contributed by atoms with Gasteiger partial charge in [0.1, 0.15) is 0 Å². The largest absolute Gasteiger partial charge is 0.500 e. The molecule has 0 aliphatic heterocycles. The third kappa shape index (κ3) is 5.45. The van der Waals surface area contributed by atoms with Crippen LogP contribution in [0.25, 0.3) is 0 Å². The van der Waals surface area contributed by atoms with Crippen LogP contribution in [0.1, 0.15) is 19.8 Å². The van der Waals surface area contributed by atoms with Crippen molar-refractivity contribution in [1.82, 2.24) is 0 Å². The van der Waals surface area contributed by atoms with Gasteiger partial charge in [-0.15, -0.1) is 0 Å². The van der Waals surface area contributed by atoms with Crippen LogP contribution in [0.5, 0.6) is 0 Å². The highest BCUT2D eigenvalue weighted by Gasteiger charge is 2.36. The molecule has 0 atom stereocenters. The standard InChI is InChI=1S/C11H22O5Si/c1-10(11(12)13-2)8-6-7-9-17(14-3,15-4)16-5/h8H,6-7,9H2,1-5H3. The first-order valence-corrected chi connectivity index (χ1v) is 7.39. The van der Waals surface area contributed by atoms with Gasteiger partial charge in [0.15, 0.2) is 0 Å². The van der Waals surface area contributed by atoms with E-state index in [9.17, 15) is 4.79 Å². The Morgan fingerprint density at radius 1 is 1.12 bits per heavy atom. The summed E-state index contributed by atoms with van der Waals surface area (Å²) in [6.07, 6.45) is 3.47. The summed E-state index contributed by atoms with van der Waals surface area (Å²) < 4.78 is 20.5. The van der Waals surface area contributed by atoms with Crippen LogP contribution in [0.2, 0.25) is 6.04 Å². The summed E-state index contributed by atoms with van der Waals surface area (Å²) in [6.45, 7) is 1.74. The Bertz CT molecular complexity index is 252. The summed E-state index contributed by atoms with van der Waals surface area (Å²) >= 11 is 0. The van der Waals surface area contributed by atoms with Crippen molar-refractivity contribution in [3.05, 3.63) is 11.6 Å². The van der Waals surface area contributed by atoms with Crippen LogP contribution in [0.3, 0.4) is 0 Å². The van der Waals surface area contributed by atoms with Gasteiger partial charge in [0.2, 0.25) is 0 Å². The van der Waals surface area contributed by atoms with Crippen LogP contribution in [0, 0.1) is 0 Å². The summed E-state index contributed by atoms with van der Waals surface area (Å²) in [5, 5.41) is 0. The van der Waals surface area contributed by atoms with Gasteiger partial charge in [0, 0.05) is 32.9 Å². The Morgan fingerprint density at radius 2 is 1.65 bits per heavy atom. The lowest BCUT2D eigenvalue weighted by Crippen LogP contribution is -2.42. The molecule has 0 bridgehead atoms. The van der Waals surface area contributed by atoms with E-state index < -0.39 is 8.80 Å². The van der Waals surface area contributed by atoms with Gasteiger partial charge < -0.3 is 18.0 Å². The van der Waals surface area contributed by atoms with E-state index in [0.29, 0.717) is 5.57 Å². The molecule has 0 fully saturated rings. The number of hydrogen-bond donors (Lipinski definition) is 0. The predicted molar refractivity (Wildman–Crippen MR) is 66.6 cm³/mol. The highest BCUT2D eigenvalue weighted by molar-refractivity contribution is 6.60. The van der Waals surface area contributed by atoms with E-state index in [1.807, 2.05) is 6.08 Å². The first-order valence-electron chi connectivity index (χ1n) is 5.45. The molecular weight excluding hydrogens is 240 g/mol. The van der Waals surface area contributed by atoms with E-state index in [-0.39, 0.29) is 5.97 Å². The Morgan fingerprint density at radius 3 is 2.06 bits per heavy atom. The molecule has 0 amide bonds. The van der Waals surface area contributed by atoms with Crippen LogP contribution in [-0.4, -0.2) is 43.2 Å². The van der Waals surface area contributed by atoms with Crippen molar-refractivity contribution in [3.63, 3.8) is 0 Å². The van der Waals surface area contributed by atoms with Crippen molar-refractivity contribution in [3.8, 4) is 0 Å². The van der Waals surface area contributed by atoms with Gasteiger partial charge in [0.05, 0.1) is 7.11 Å². The molecule has 0 aliphatic carbocycles. The van der Waals surface area contributed by atoms with E-state index in [4.69, 9.17) is 13.3 Å². The molecule has 0 heterocycles. The summed E-state index contributed by atoms with van der Waals surface area (Å²) in [6, 6.07) is 0.724. The summed E-state index contributed by atoms with van der Waals surface area (Å²) in [7, 11) is 3.68. The molecule has 100 valence electrons. The molecular formula is C11H22O5Si. The summed E-state index contributed by atoms with van der Waals surface area (Å²) in [4.78, 5) is 11.1. The molecule has 0 unspecified atom stereocenters. The van der Waals surface area contributed by atoms with Crippen LogP contribution in [-0.2, 0) is 22.8 Å². The molecule has 0 aromatic heterocycles. The lowest BCUT2D eigenvalue weighted by Gasteiger charge is -2.23. The van der Waals surface area contributed by atoms with Gasteiger partial charge >= 0.3 is 14.8 Å². The average Bonchev–Trinajstić information content (AvgIpc) is 2.38. The van der Waals surface area contributed by atoms with Crippen molar-refractivity contribution in [2.24, 2.45) is 0 Å². The van der Waals surface area contributed by atoms with Crippen molar-refractivity contribution >= 4 is 14.8 Å². The molecule has 0 rings (SSSR count). The number of unbranched alkanes of at least 4 members (excludes halogenated alkanes) is 1. The second-order valence-corrected chi connectivity index (χ2v) is 6.66. The molecule has 0 aliphatic rings. The van der Waals surface area contributed by atoms with Gasteiger partial charge in [-0.1, -0.05) is 6.08 Å². The highest BCUT2D eigenvalue weighted by atomic mass is 28.4. The van der Waals surface area contributed by atoms with Crippen molar-refractivity contribution in [1.29, 1.82) is 0 Å². The number of carbonyl (C=O) groups is 1. The molecule has 0 aromatic rings. The van der Waals surface area contributed by atoms with E-state index >= 15 is 0 Å². The van der Waals surface area contributed by atoms with E-state index in [1.54, 1.807) is 28.3 Å². The first kappa shape index (κ1) is 16.3. The number of methoxy groups -OCH3 is 1. The molecule has 0 saturated heterocycles. The van der Waals surface area contributed by atoms with Crippen LogP contribution in [0.15, 0.2) is 11.6 Å². The van der Waals surface area contributed by atoms with Crippen molar-refractivity contribution < 1.29 is 22.8 Å². The number of rotatable bonds is 8. The Kier molecular flexibility index (Phi) is 8.06. The number of carbonyl (C=O) groups excluding carboxylic acids is 1. The molecule has 0 aromatic carbocycles. The summed E-state index contributed by atoms with van der Waals surface area (Å²) in [5.74, 6) is -0.293. The predicted octanol–water partition coefficient (Wildman–Crippen LogP) is 1.76. The van der Waals surface area contributed by atoms with Crippen LogP contribution in [0.4, 0.5) is 0 Å². The number of hydrogen-bond acceptors (Lipinski definition) is 5. The fraction of sp³-hybridized carbons (Fsp3) is 0.727. The van der Waals surface area contributed by atoms with Gasteiger partial charge in [-0.05, 0) is 19.8 Å². The Labute approximate surface area is 104 Å². The molecule has 0 N–H and O–H groups in total. The molecule has 0 spiro atoms. The zero-order valence-corrected chi connectivity index (χ0v) is 12.2. The third-order valence-corrected chi connectivity index (χ3v) is 5.41. The average molecular weight is 262 g/mol. The van der Waals surface area contributed by atoms with Gasteiger partial charge in [-0.3, -0.25) is 0 Å². The third-order valence-electron chi connectivity index (χ3n) is 2.58. The van der Waals surface area contributed by atoms with E-state index in [0.717, 1.165) is 18.9 Å². The van der Waals surface area contributed by atoms with E-state index in [1.165, 1.54) is 7.11 Å². The SMILES string of the molecule is COC(=O)C(C)=CCCC[Si](OC)(OC)OC. The smallest absolute Gasteiger partial charge is 0.466 e. The minimum Gasteiger partial charge on any atom is -0.466 e. The van der Waals surface area contributed by atoms with E-state index in [2.05, 4.69) is 4.74 Å². The minimum atomic E-state index is -2.47. The maximum absolute atomic E-state index is 11.1. The van der Waals surface area contributed by atoms with Gasteiger partial charge in [-0.2, -0.15) is 0 Å². The lowest BCUT2D eigenvalue weighted by atomic mass is 10.2. The quantitative estimate of drug-likeness (QED) is 0.289. The van der Waals surface area contributed by atoms with Crippen molar-refractivity contribution in [2.45, 2.75) is 25.8 Å². The normalized spacial score (nSPS) is 12.6. The molecule has 0 radical (unpaired) electrons. The van der Waals surface area contributed by atoms with Crippen molar-refractivity contribution in [2.75, 3.05) is 28.4 Å². The van der Waals surface area contributed by atoms with Crippen LogP contribution < -0.4 is 0 Å². The van der Waals surface area contributed by atoms with Crippen LogP contribution >= 0.6 is 0 Å². The fourth-order valence-corrected chi connectivity index (χ4v) is 3.19. The van der Waals surface area contributed by atoms with Gasteiger partial charge in [0.25, 0.3) is 0 Å². The minimum absolute atomic E-state index is 0.293. The van der Waals surface area contributed by atoms with Gasteiger partial charge in [-0.25, -0.2) is 4.79 Å². The lowest BCUT2D eigenvalue weighted by molar-refractivity contribution is -0.136. The molecule has 5 nitrogen and oxygen atoms in total. The zero-order valence-electron chi connectivity index (χ0n) is 11.2. The number of esters is 1. The number of allylic oxidation sites excluding steroid dienone is 1. The number of ether oxygens (including phenoxy) is 1. The second-order valence-electron chi connectivity index (χ2n) is 3.57. The second kappa shape index (κ2) is 8.41. The molecule has 6 heteroatoms. The Balaban J connectivity index is 4.10. The maximum Gasteiger partial charge on any atom is 0.500 e.